The lowest BCUT2D eigenvalue weighted by Crippen LogP contribution is -2.34. The highest BCUT2D eigenvalue weighted by atomic mass is 35.5. The summed E-state index contributed by atoms with van der Waals surface area (Å²) in [5.74, 6) is 0.964. The van der Waals surface area contributed by atoms with Crippen LogP contribution in [0.3, 0.4) is 0 Å². The first-order valence-electron chi connectivity index (χ1n) is 5.41. The number of hydrogen-bond acceptors (Lipinski definition) is 4. The molecule has 0 unspecified atom stereocenters. The minimum absolute atomic E-state index is 0.659. The van der Waals surface area contributed by atoms with Crippen LogP contribution in [0.4, 0.5) is 11.4 Å². The second-order valence-electron chi connectivity index (χ2n) is 4.07. The van der Waals surface area contributed by atoms with Gasteiger partial charge in [0.1, 0.15) is 6.33 Å². The molecule has 0 aliphatic carbocycles. The summed E-state index contributed by atoms with van der Waals surface area (Å²) in [4.78, 5) is 2.19. The number of nitrogen functional groups attached to an aromatic ring is 1. The van der Waals surface area contributed by atoms with E-state index < -0.39 is 0 Å². The van der Waals surface area contributed by atoms with E-state index in [4.69, 9.17) is 17.3 Å². The fourth-order valence-corrected chi connectivity index (χ4v) is 2.27. The Balaban J connectivity index is 1.91. The van der Waals surface area contributed by atoms with Gasteiger partial charge in [0, 0.05) is 18.1 Å². The first kappa shape index (κ1) is 10.4. The maximum Gasteiger partial charge on any atom is 0.152 e. The van der Waals surface area contributed by atoms with Gasteiger partial charge in [-0.15, -0.1) is 10.2 Å². The fourth-order valence-electron chi connectivity index (χ4n) is 2.09. The van der Waals surface area contributed by atoms with Crippen LogP contribution < -0.4 is 10.6 Å². The summed E-state index contributed by atoms with van der Waals surface area (Å²) in [6.45, 7) is 2.51. The summed E-state index contributed by atoms with van der Waals surface area (Å²) < 4.78 is 2.06. The van der Waals surface area contributed by atoms with E-state index in [1.165, 1.54) is 0 Å². The second kappa shape index (κ2) is 3.92. The first-order chi connectivity index (χ1) is 8.24. The van der Waals surface area contributed by atoms with Crippen LogP contribution in [0.25, 0.3) is 0 Å². The molecule has 0 atom stereocenters. The molecular weight excluding hydrogens is 238 g/mol. The summed E-state index contributed by atoms with van der Waals surface area (Å²) in [7, 11) is 0. The van der Waals surface area contributed by atoms with E-state index in [9.17, 15) is 0 Å². The standard InChI is InChI=1S/C11H12ClN5/c12-8-1-2-10(9(13)5-8)16-3-4-17-7-14-15-11(17)6-16/h1-2,5,7H,3-4,6,13H2. The molecule has 2 heterocycles. The molecule has 0 saturated heterocycles. The van der Waals surface area contributed by atoms with E-state index in [0.717, 1.165) is 31.1 Å². The molecule has 5 nitrogen and oxygen atoms in total. The van der Waals surface area contributed by atoms with Crippen molar-refractivity contribution in [1.82, 2.24) is 14.8 Å². The number of fused-ring (bicyclic) bond motifs is 1. The third-order valence-electron chi connectivity index (χ3n) is 2.97. The molecule has 3 rings (SSSR count). The van der Waals surface area contributed by atoms with Crippen LogP contribution in [0.1, 0.15) is 5.82 Å². The Morgan fingerprint density at radius 2 is 2.18 bits per heavy atom. The normalized spacial score (nSPS) is 14.8. The van der Waals surface area contributed by atoms with Crippen molar-refractivity contribution in [2.24, 2.45) is 0 Å². The first-order valence-corrected chi connectivity index (χ1v) is 5.78. The Hall–Kier alpha value is -1.75. The van der Waals surface area contributed by atoms with E-state index in [2.05, 4.69) is 19.7 Å². The van der Waals surface area contributed by atoms with Gasteiger partial charge in [-0.3, -0.25) is 0 Å². The Morgan fingerprint density at radius 3 is 3.00 bits per heavy atom. The molecule has 0 spiro atoms. The largest absolute Gasteiger partial charge is 0.397 e. The number of hydrogen-bond donors (Lipinski definition) is 1. The van der Waals surface area contributed by atoms with Gasteiger partial charge in [0.15, 0.2) is 5.82 Å². The van der Waals surface area contributed by atoms with Crippen molar-refractivity contribution in [3.8, 4) is 0 Å². The fraction of sp³-hybridized carbons (Fsp3) is 0.273. The second-order valence-corrected chi connectivity index (χ2v) is 4.50. The lowest BCUT2D eigenvalue weighted by molar-refractivity contribution is 0.560. The molecule has 0 amide bonds. The van der Waals surface area contributed by atoms with Crippen LogP contribution in [-0.2, 0) is 13.1 Å². The summed E-state index contributed by atoms with van der Waals surface area (Å²) in [5.41, 5.74) is 7.68. The highest BCUT2D eigenvalue weighted by Gasteiger charge is 2.19. The summed E-state index contributed by atoms with van der Waals surface area (Å²) in [5, 5.41) is 8.65. The molecule has 6 heteroatoms. The van der Waals surface area contributed by atoms with E-state index >= 15 is 0 Å². The zero-order valence-electron chi connectivity index (χ0n) is 9.17. The van der Waals surface area contributed by atoms with Crippen LogP contribution in [-0.4, -0.2) is 21.3 Å². The van der Waals surface area contributed by atoms with Crippen LogP contribution in [0.5, 0.6) is 0 Å². The monoisotopic (exact) mass is 249 g/mol. The molecular formula is C11H12ClN5. The van der Waals surface area contributed by atoms with Crippen LogP contribution in [0.15, 0.2) is 24.5 Å². The number of aromatic nitrogens is 3. The number of rotatable bonds is 1. The predicted molar refractivity (Wildman–Crippen MR) is 66.9 cm³/mol. The van der Waals surface area contributed by atoms with Crippen molar-refractivity contribution >= 4 is 23.0 Å². The molecule has 88 valence electrons. The summed E-state index contributed by atoms with van der Waals surface area (Å²) in [6.07, 6.45) is 1.76. The Morgan fingerprint density at radius 1 is 1.29 bits per heavy atom. The van der Waals surface area contributed by atoms with E-state index in [-0.39, 0.29) is 0 Å². The van der Waals surface area contributed by atoms with Gasteiger partial charge >= 0.3 is 0 Å². The number of nitrogens with zero attached hydrogens (tertiary/aromatic N) is 4. The van der Waals surface area contributed by atoms with Gasteiger partial charge in [-0.05, 0) is 18.2 Å². The van der Waals surface area contributed by atoms with Gasteiger partial charge in [0.2, 0.25) is 0 Å². The highest BCUT2D eigenvalue weighted by Crippen LogP contribution is 2.28. The minimum atomic E-state index is 0.659. The lowest BCUT2D eigenvalue weighted by atomic mass is 10.2. The maximum absolute atomic E-state index is 5.98. The van der Waals surface area contributed by atoms with Crippen molar-refractivity contribution < 1.29 is 0 Å². The number of halogens is 1. The molecule has 1 aliphatic heterocycles. The van der Waals surface area contributed by atoms with Gasteiger partial charge in [0.05, 0.1) is 17.9 Å². The molecule has 0 saturated carbocycles. The van der Waals surface area contributed by atoms with Gasteiger partial charge in [-0.1, -0.05) is 11.6 Å². The quantitative estimate of drug-likeness (QED) is 0.779. The Labute approximate surface area is 104 Å². The van der Waals surface area contributed by atoms with Crippen molar-refractivity contribution in [3.05, 3.63) is 35.4 Å². The third kappa shape index (κ3) is 1.82. The van der Waals surface area contributed by atoms with E-state index in [1.807, 2.05) is 12.1 Å². The van der Waals surface area contributed by atoms with Crippen LogP contribution in [0, 0.1) is 0 Å². The molecule has 0 bridgehead atoms. The van der Waals surface area contributed by atoms with Crippen molar-refractivity contribution in [2.45, 2.75) is 13.1 Å². The Kier molecular flexibility index (Phi) is 2.40. The smallest absolute Gasteiger partial charge is 0.152 e. The molecule has 2 aromatic rings. The Bertz CT molecular complexity index is 551. The van der Waals surface area contributed by atoms with Gasteiger partial charge in [-0.2, -0.15) is 0 Å². The molecule has 2 N–H and O–H groups in total. The molecule has 0 fully saturated rings. The highest BCUT2D eigenvalue weighted by molar-refractivity contribution is 6.31. The molecule has 0 radical (unpaired) electrons. The predicted octanol–water partition coefficient (Wildman–Crippen LogP) is 1.53. The van der Waals surface area contributed by atoms with Crippen molar-refractivity contribution in [1.29, 1.82) is 0 Å². The maximum atomic E-state index is 5.98. The molecule has 1 aromatic heterocycles. The van der Waals surface area contributed by atoms with Crippen molar-refractivity contribution in [2.75, 3.05) is 17.2 Å². The number of nitrogens with two attached hydrogens (primary N) is 1. The third-order valence-corrected chi connectivity index (χ3v) is 3.20. The molecule has 1 aliphatic rings. The van der Waals surface area contributed by atoms with E-state index in [0.29, 0.717) is 10.7 Å². The lowest BCUT2D eigenvalue weighted by Gasteiger charge is -2.29. The zero-order valence-corrected chi connectivity index (χ0v) is 9.93. The molecule has 17 heavy (non-hydrogen) atoms. The van der Waals surface area contributed by atoms with Crippen LogP contribution >= 0.6 is 11.6 Å². The SMILES string of the molecule is Nc1cc(Cl)ccc1N1CCn2cnnc2C1. The molecule has 1 aromatic carbocycles. The van der Waals surface area contributed by atoms with Gasteiger partial charge < -0.3 is 15.2 Å². The van der Waals surface area contributed by atoms with E-state index in [1.54, 1.807) is 12.4 Å². The van der Waals surface area contributed by atoms with Crippen molar-refractivity contribution in [3.63, 3.8) is 0 Å². The average molecular weight is 250 g/mol. The van der Waals surface area contributed by atoms with Gasteiger partial charge in [-0.25, -0.2) is 0 Å². The summed E-state index contributed by atoms with van der Waals surface area (Å²) in [6, 6.07) is 5.58. The average Bonchev–Trinajstić information content (AvgIpc) is 2.75. The number of benzene rings is 1. The summed E-state index contributed by atoms with van der Waals surface area (Å²) >= 11 is 5.89. The zero-order chi connectivity index (χ0) is 11.8. The van der Waals surface area contributed by atoms with Crippen LogP contribution in [0.2, 0.25) is 5.02 Å². The topological polar surface area (TPSA) is 60.0 Å². The minimum Gasteiger partial charge on any atom is -0.397 e. The number of anilines is 2. The van der Waals surface area contributed by atoms with Gasteiger partial charge in [0.25, 0.3) is 0 Å².